The van der Waals surface area contributed by atoms with Crippen molar-refractivity contribution in [1.29, 1.82) is 0 Å². The molecule has 2 heterocycles. The second kappa shape index (κ2) is 3.49. The van der Waals surface area contributed by atoms with Crippen LogP contribution in [0.25, 0.3) is 0 Å². The number of nitrogens with one attached hydrogen (secondary N) is 1. The van der Waals surface area contributed by atoms with Gasteiger partial charge in [0, 0.05) is 19.0 Å². The van der Waals surface area contributed by atoms with Crippen LogP contribution in [0, 0.1) is 0 Å². The lowest BCUT2D eigenvalue weighted by Gasteiger charge is -2.25. The van der Waals surface area contributed by atoms with Crippen LogP contribution in [0.3, 0.4) is 0 Å². The topological polar surface area (TPSA) is 75.4 Å². The Kier molecular flexibility index (Phi) is 2.18. The summed E-state index contributed by atoms with van der Waals surface area (Å²) in [6.07, 6.45) is 1.78. The van der Waals surface area contributed by atoms with Crippen molar-refractivity contribution in [2.24, 2.45) is 0 Å². The van der Waals surface area contributed by atoms with Gasteiger partial charge in [-0.05, 0) is 0 Å². The molecule has 0 unspecified atom stereocenters. The summed E-state index contributed by atoms with van der Waals surface area (Å²) in [7, 11) is 0. The summed E-state index contributed by atoms with van der Waals surface area (Å²) < 4.78 is 4.64. The van der Waals surface area contributed by atoms with Gasteiger partial charge in [-0.15, -0.1) is 0 Å². The lowest BCUT2D eigenvalue weighted by molar-refractivity contribution is -0.121. The van der Waals surface area contributed by atoms with Crippen LogP contribution in [0.4, 0.5) is 4.79 Å². The minimum Gasteiger partial charge on any atom is -0.364 e. The fourth-order valence-electron chi connectivity index (χ4n) is 1.26. The van der Waals surface area contributed by atoms with Gasteiger partial charge in [-0.3, -0.25) is 10.1 Å². The smallest absolute Gasteiger partial charge is 0.324 e. The Hall–Kier alpha value is -1.85. The lowest BCUT2D eigenvalue weighted by Crippen LogP contribution is -2.48. The molecule has 0 aliphatic carbocycles. The molecule has 0 saturated carbocycles. The van der Waals surface area contributed by atoms with E-state index in [0.717, 1.165) is 0 Å². The maximum atomic E-state index is 11.3. The predicted molar refractivity (Wildman–Crippen MR) is 45.1 cm³/mol. The van der Waals surface area contributed by atoms with Gasteiger partial charge in [0.15, 0.2) is 0 Å². The SMILES string of the molecule is O=C1CCN(Cc2ccon2)C(=O)N1. The Labute approximate surface area is 79.8 Å². The van der Waals surface area contributed by atoms with Gasteiger partial charge in [-0.1, -0.05) is 5.16 Å². The molecule has 1 aromatic rings. The summed E-state index contributed by atoms with van der Waals surface area (Å²) in [6.45, 7) is 0.799. The van der Waals surface area contributed by atoms with Gasteiger partial charge >= 0.3 is 6.03 Å². The van der Waals surface area contributed by atoms with Crippen molar-refractivity contribution in [1.82, 2.24) is 15.4 Å². The number of nitrogens with zero attached hydrogens (tertiary/aromatic N) is 2. The largest absolute Gasteiger partial charge is 0.364 e. The Morgan fingerprint density at radius 2 is 2.43 bits per heavy atom. The highest BCUT2D eigenvalue weighted by atomic mass is 16.5. The van der Waals surface area contributed by atoms with Crippen molar-refractivity contribution < 1.29 is 14.1 Å². The van der Waals surface area contributed by atoms with Crippen LogP contribution < -0.4 is 5.32 Å². The minimum atomic E-state index is -0.371. The molecule has 1 aliphatic rings. The fourth-order valence-corrected chi connectivity index (χ4v) is 1.26. The van der Waals surface area contributed by atoms with Gasteiger partial charge < -0.3 is 9.42 Å². The first-order valence-corrected chi connectivity index (χ1v) is 4.24. The molecule has 1 N–H and O–H groups in total. The zero-order valence-electron chi connectivity index (χ0n) is 7.40. The first-order chi connectivity index (χ1) is 6.75. The number of imide groups is 1. The molecule has 6 heteroatoms. The molecule has 1 aliphatic heterocycles. The monoisotopic (exact) mass is 195 g/mol. The number of carbonyl (C=O) groups excluding carboxylic acids is 2. The van der Waals surface area contributed by atoms with Crippen LogP contribution in [0.1, 0.15) is 12.1 Å². The van der Waals surface area contributed by atoms with Gasteiger partial charge in [-0.2, -0.15) is 0 Å². The Bertz CT molecular complexity index is 347. The second-order valence-corrected chi connectivity index (χ2v) is 3.02. The average Bonchev–Trinajstić information content (AvgIpc) is 2.62. The molecule has 0 atom stereocenters. The van der Waals surface area contributed by atoms with Crippen LogP contribution in [-0.2, 0) is 11.3 Å². The van der Waals surface area contributed by atoms with Gasteiger partial charge in [0.1, 0.15) is 12.0 Å². The second-order valence-electron chi connectivity index (χ2n) is 3.02. The zero-order chi connectivity index (χ0) is 9.97. The molecular weight excluding hydrogens is 186 g/mol. The number of urea groups is 1. The Morgan fingerprint density at radius 1 is 1.57 bits per heavy atom. The molecule has 14 heavy (non-hydrogen) atoms. The number of rotatable bonds is 2. The Morgan fingerprint density at radius 3 is 3.07 bits per heavy atom. The molecule has 3 amide bonds. The van der Waals surface area contributed by atoms with E-state index in [4.69, 9.17) is 0 Å². The van der Waals surface area contributed by atoms with Crippen LogP contribution in [0.5, 0.6) is 0 Å². The number of hydrogen-bond acceptors (Lipinski definition) is 4. The van der Waals surface area contributed by atoms with E-state index in [1.54, 1.807) is 6.07 Å². The summed E-state index contributed by atoms with van der Waals surface area (Å²) in [5.41, 5.74) is 0.675. The summed E-state index contributed by atoms with van der Waals surface area (Å²) in [5, 5.41) is 5.91. The molecule has 74 valence electrons. The van der Waals surface area contributed by atoms with E-state index in [1.165, 1.54) is 11.2 Å². The molecule has 0 aromatic carbocycles. The van der Waals surface area contributed by atoms with Crippen LogP contribution in [0.2, 0.25) is 0 Å². The maximum Gasteiger partial charge on any atom is 0.324 e. The van der Waals surface area contributed by atoms with Gasteiger partial charge in [-0.25, -0.2) is 4.79 Å². The summed E-state index contributed by atoms with van der Waals surface area (Å²) in [4.78, 5) is 23.6. The third-order valence-electron chi connectivity index (χ3n) is 1.99. The molecule has 1 fully saturated rings. The van der Waals surface area contributed by atoms with E-state index in [-0.39, 0.29) is 11.9 Å². The average molecular weight is 195 g/mol. The van der Waals surface area contributed by atoms with E-state index < -0.39 is 0 Å². The molecule has 1 aromatic heterocycles. The normalized spacial score (nSPS) is 17.0. The van der Waals surface area contributed by atoms with E-state index in [0.29, 0.717) is 25.2 Å². The summed E-state index contributed by atoms with van der Waals surface area (Å²) in [5.74, 6) is -0.230. The summed E-state index contributed by atoms with van der Waals surface area (Å²) >= 11 is 0. The highest BCUT2D eigenvalue weighted by molar-refractivity contribution is 5.96. The van der Waals surface area contributed by atoms with E-state index in [9.17, 15) is 9.59 Å². The van der Waals surface area contributed by atoms with E-state index >= 15 is 0 Å². The van der Waals surface area contributed by atoms with Crippen molar-refractivity contribution in [2.45, 2.75) is 13.0 Å². The lowest BCUT2D eigenvalue weighted by atomic mass is 10.3. The predicted octanol–water partition coefficient (Wildman–Crippen LogP) is 0.117. The summed E-state index contributed by atoms with van der Waals surface area (Å²) in [6, 6.07) is 1.31. The van der Waals surface area contributed by atoms with Gasteiger partial charge in [0.25, 0.3) is 0 Å². The highest BCUT2D eigenvalue weighted by Gasteiger charge is 2.23. The number of carbonyl (C=O) groups is 2. The molecule has 6 nitrogen and oxygen atoms in total. The first kappa shape index (κ1) is 8.74. The quantitative estimate of drug-likeness (QED) is 0.727. The van der Waals surface area contributed by atoms with Crippen LogP contribution in [-0.4, -0.2) is 28.5 Å². The molecular formula is C8H9N3O3. The molecule has 0 spiro atoms. The number of aromatic nitrogens is 1. The standard InChI is InChI=1S/C8H9N3O3/c12-7-1-3-11(8(13)9-7)5-6-2-4-14-10-6/h2,4H,1,3,5H2,(H,9,12,13). The van der Waals surface area contributed by atoms with Gasteiger partial charge in [0.05, 0.1) is 6.54 Å². The maximum absolute atomic E-state index is 11.3. The van der Waals surface area contributed by atoms with Crippen molar-refractivity contribution in [2.75, 3.05) is 6.54 Å². The van der Waals surface area contributed by atoms with Crippen LogP contribution >= 0.6 is 0 Å². The van der Waals surface area contributed by atoms with Crippen molar-refractivity contribution in [3.63, 3.8) is 0 Å². The van der Waals surface area contributed by atoms with Crippen LogP contribution in [0.15, 0.2) is 16.9 Å². The third-order valence-corrected chi connectivity index (χ3v) is 1.99. The van der Waals surface area contributed by atoms with Crippen molar-refractivity contribution in [3.05, 3.63) is 18.0 Å². The third kappa shape index (κ3) is 1.73. The van der Waals surface area contributed by atoms with Crippen molar-refractivity contribution >= 4 is 11.9 Å². The molecule has 2 rings (SSSR count). The van der Waals surface area contributed by atoms with E-state index in [2.05, 4.69) is 15.0 Å². The molecule has 1 saturated heterocycles. The highest BCUT2D eigenvalue weighted by Crippen LogP contribution is 2.06. The zero-order valence-corrected chi connectivity index (χ0v) is 7.40. The fraction of sp³-hybridized carbons (Fsp3) is 0.375. The first-order valence-electron chi connectivity index (χ1n) is 4.24. The van der Waals surface area contributed by atoms with E-state index in [1.807, 2.05) is 0 Å². The molecule has 0 radical (unpaired) electrons. The number of hydrogen-bond donors (Lipinski definition) is 1. The minimum absolute atomic E-state index is 0.230. The Balaban J connectivity index is 1.99. The van der Waals surface area contributed by atoms with Crippen molar-refractivity contribution in [3.8, 4) is 0 Å². The number of amides is 3. The van der Waals surface area contributed by atoms with Gasteiger partial charge in [0.2, 0.25) is 5.91 Å². The molecule has 0 bridgehead atoms.